The Labute approximate surface area is 168 Å². The highest BCUT2D eigenvalue weighted by Crippen LogP contribution is 2.12. The van der Waals surface area contributed by atoms with E-state index in [0.29, 0.717) is 18.5 Å². The molecule has 1 aromatic heterocycles. The Morgan fingerprint density at radius 1 is 0.929 bits per heavy atom. The molecule has 0 spiro atoms. The number of aromatic nitrogens is 1. The number of halogens is 2. The van der Waals surface area contributed by atoms with Gasteiger partial charge in [-0.25, -0.2) is 4.39 Å². The Balaban J connectivity index is 1.46. The predicted molar refractivity (Wildman–Crippen MR) is 110 cm³/mol. The minimum Gasteiger partial charge on any atom is -0.383 e. The van der Waals surface area contributed by atoms with Crippen LogP contribution < -0.4 is 10.6 Å². The van der Waals surface area contributed by atoms with Crippen LogP contribution in [0, 0.1) is 5.82 Å². The number of carbonyl (C=O) groups excluding carboxylic acids is 1. The molecule has 4 nitrogen and oxygen atoms in total. The zero-order chi connectivity index (χ0) is 19.8. The number of hydrogen-bond acceptors (Lipinski definition) is 3. The average molecular weight is 398 g/mol. The highest BCUT2D eigenvalue weighted by molar-refractivity contribution is 6.30. The first-order chi connectivity index (χ1) is 13.6. The summed E-state index contributed by atoms with van der Waals surface area (Å²) in [6.45, 7) is 1.19. The molecule has 144 valence electrons. The lowest BCUT2D eigenvalue weighted by atomic mass is 10.1. The molecule has 0 aliphatic heterocycles. The topological polar surface area (TPSA) is 54.0 Å². The monoisotopic (exact) mass is 397 g/mol. The third kappa shape index (κ3) is 6.06. The zero-order valence-corrected chi connectivity index (χ0v) is 16.0. The number of carbonyl (C=O) groups is 1. The normalized spacial score (nSPS) is 10.5. The first-order valence-corrected chi connectivity index (χ1v) is 9.44. The summed E-state index contributed by atoms with van der Waals surface area (Å²) in [5.74, 6) is -0.449. The summed E-state index contributed by atoms with van der Waals surface area (Å²) in [5, 5.41) is 6.86. The SMILES string of the molecule is O=C(NCCc1ccc(F)cc1)c1cncc(NCCc2ccc(Cl)cc2)c1. The molecule has 1 heterocycles. The highest BCUT2D eigenvalue weighted by Gasteiger charge is 2.07. The smallest absolute Gasteiger partial charge is 0.252 e. The number of benzene rings is 2. The van der Waals surface area contributed by atoms with Crippen LogP contribution >= 0.6 is 11.6 Å². The van der Waals surface area contributed by atoms with Crippen LogP contribution in [0.25, 0.3) is 0 Å². The van der Waals surface area contributed by atoms with Crippen molar-refractivity contribution in [3.8, 4) is 0 Å². The second-order valence-corrected chi connectivity index (χ2v) is 6.83. The third-order valence-corrected chi connectivity index (χ3v) is 4.52. The van der Waals surface area contributed by atoms with Gasteiger partial charge in [0.25, 0.3) is 5.91 Å². The molecule has 0 saturated heterocycles. The number of rotatable bonds is 8. The Bertz CT molecular complexity index is 914. The molecule has 3 aromatic rings. The first kappa shape index (κ1) is 19.8. The molecule has 6 heteroatoms. The number of pyridine rings is 1. The summed E-state index contributed by atoms with van der Waals surface area (Å²) >= 11 is 5.89. The van der Waals surface area contributed by atoms with Gasteiger partial charge in [-0.15, -0.1) is 0 Å². The lowest BCUT2D eigenvalue weighted by Crippen LogP contribution is -2.26. The van der Waals surface area contributed by atoms with Crippen molar-refractivity contribution >= 4 is 23.2 Å². The van der Waals surface area contributed by atoms with Gasteiger partial charge in [0.2, 0.25) is 0 Å². The van der Waals surface area contributed by atoms with Gasteiger partial charge in [-0.2, -0.15) is 0 Å². The fourth-order valence-electron chi connectivity index (χ4n) is 2.74. The van der Waals surface area contributed by atoms with Crippen molar-refractivity contribution in [3.05, 3.63) is 94.5 Å². The van der Waals surface area contributed by atoms with Gasteiger partial charge in [0.05, 0.1) is 11.3 Å². The van der Waals surface area contributed by atoms with Crippen LogP contribution in [0.5, 0.6) is 0 Å². The molecule has 2 N–H and O–H groups in total. The Morgan fingerprint density at radius 2 is 1.57 bits per heavy atom. The maximum Gasteiger partial charge on any atom is 0.252 e. The molecule has 0 aliphatic carbocycles. The highest BCUT2D eigenvalue weighted by atomic mass is 35.5. The van der Waals surface area contributed by atoms with E-state index in [1.54, 1.807) is 24.4 Å². The van der Waals surface area contributed by atoms with Crippen molar-refractivity contribution in [2.24, 2.45) is 0 Å². The van der Waals surface area contributed by atoms with E-state index < -0.39 is 0 Å². The molecule has 0 unspecified atom stereocenters. The minimum atomic E-state index is -0.265. The summed E-state index contributed by atoms with van der Waals surface area (Å²) in [6, 6.07) is 15.8. The van der Waals surface area contributed by atoms with Gasteiger partial charge in [0.15, 0.2) is 0 Å². The van der Waals surface area contributed by atoms with E-state index in [2.05, 4.69) is 15.6 Å². The third-order valence-electron chi connectivity index (χ3n) is 4.27. The van der Waals surface area contributed by atoms with Gasteiger partial charge in [0, 0.05) is 30.5 Å². The molecular weight excluding hydrogens is 377 g/mol. The molecule has 0 aliphatic rings. The molecule has 0 radical (unpaired) electrons. The first-order valence-electron chi connectivity index (χ1n) is 9.06. The van der Waals surface area contributed by atoms with Gasteiger partial charge in [-0.05, 0) is 54.3 Å². The fourth-order valence-corrected chi connectivity index (χ4v) is 2.86. The summed E-state index contributed by atoms with van der Waals surface area (Å²) in [4.78, 5) is 16.5. The number of anilines is 1. The van der Waals surface area contributed by atoms with Crippen LogP contribution in [0.3, 0.4) is 0 Å². The fraction of sp³-hybridized carbons (Fsp3) is 0.182. The van der Waals surface area contributed by atoms with Crippen molar-refractivity contribution in [3.63, 3.8) is 0 Å². The molecule has 0 saturated carbocycles. The molecule has 0 atom stereocenters. The Morgan fingerprint density at radius 3 is 2.29 bits per heavy atom. The number of amides is 1. The molecular formula is C22H21ClFN3O. The lowest BCUT2D eigenvalue weighted by molar-refractivity contribution is 0.0954. The van der Waals surface area contributed by atoms with E-state index >= 15 is 0 Å². The molecule has 1 amide bonds. The molecule has 0 fully saturated rings. The summed E-state index contributed by atoms with van der Waals surface area (Å²) in [7, 11) is 0. The van der Waals surface area contributed by atoms with Gasteiger partial charge >= 0.3 is 0 Å². The number of nitrogens with zero attached hydrogens (tertiary/aromatic N) is 1. The van der Waals surface area contributed by atoms with Crippen LogP contribution in [-0.2, 0) is 12.8 Å². The number of hydrogen-bond donors (Lipinski definition) is 2. The molecule has 28 heavy (non-hydrogen) atoms. The Hall–Kier alpha value is -2.92. The van der Waals surface area contributed by atoms with Crippen molar-refractivity contribution in [1.29, 1.82) is 0 Å². The van der Waals surface area contributed by atoms with Crippen molar-refractivity contribution in [2.75, 3.05) is 18.4 Å². The molecule has 0 bridgehead atoms. The van der Waals surface area contributed by atoms with Crippen molar-refractivity contribution in [2.45, 2.75) is 12.8 Å². The van der Waals surface area contributed by atoms with E-state index in [9.17, 15) is 9.18 Å². The Kier molecular flexibility index (Phi) is 6.98. The van der Waals surface area contributed by atoms with E-state index in [0.717, 1.165) is 29.2 Å². The average Bonchev–Trinajstić information content (AvgIpc) is 2.71. The molecule has 3 rings (SSSR count). The summed E-state index contributed by atoms with van der Waals surface area (Å²) in [6.07, 6.45) is 4.71. The summed E-state index contributed by atoms with van der Waals surface area (Å²) in [5.41, 5.74) is 3.44. The second kappa shape index (κ2) is 9.85. The quantitative estimate of drug-likeness (QED) is 0.588. The lowest BCUT2D eigenvalue weighted by Gasteiger charge is -2.09. The van der Waals surface area contributed by atoms with E-state index in [-0.39, 0.29) is 11.7 Å². The standard InChI is InChI=1S/C22H21ClFN3O/c23-19-5-1-16(2-6-19)9-11-26-21-13-18(14-25-15-21)22(28)27-12-10-17-3-7-20(24)8-4-17/h1-8,13-15,26H,9-12H2,(H,27,28). The van der Waals surface area contributed by atoms with Crippen LogP contribution in [-0.4, -0.2) is 24.0 Å². The maximum absolute atomic E-state index is 12.9. The second-order valence-electron chi connectivity index (χ2n) is 6.40. The number of nitrogens with one attached hydrogen (secondary N) is 2. The predicted octanol–water partition coefficient (Wildman–Crippen LogP) is 4.50. The minimum absolute atomic E-state index is 0.184. The van der Waals surface area contributed by atoms with Crippen molar-refractivity contribution < 1.29 is 9.18 Å². The molecule has 2 aromatic carbocycles. The van der Waals surface area contributed by atoms with Gasteiger partial charge < -0.3 is 10.6 Å². The van der Waals surface area contributed by atoms with Crippen LogP contribution in [0.15, 0.2) is 67.0 Å². The largest absolute Gasteiger partial charge is 0.383 e. The van der Waals surface area contributed by atoms with Gasteiger partial charge in [-0.1, -0.05) is 35.9 Å². The van der Waals surface area contributed by atoms with Gasteiger partial charge in [0.1, 0.15) is 5.82 Å². The van der Waals surface area contributed by atoms with Crippen molar-refractivity contribution in [1.82, 2.24) is 10.3 Å². The van der Waals surface area contributed by atoms with Crippen LogP contribution in [0.4, 0.5) is 10.1 Å². The van der Waals surface area contributed by atoms with E-state index in [1.807, 2.05) is 24.3 Å². The van der Waals surface area contributed by atoms with Crippen LogP contribution in [0.1, 0.15) is 21.5 Å². The maximum atomic E-state index is 12.9. The zero-order valence-electron chi connectivity index (χ0n) is 15.3. The van der Waals surface area contributed by atoms with E-state index in [4.69, 9.17) is 11.6 Å². The van der Waals surface area contributed by atoms with E-state index in [1.165, 1.54) is 23.9 Å². The van der Waals surface area contributed by atoms with Crippen LogP contribution in [0.2, 0.25) is 5.02 Å². The van der Waals surface area contributed by atoms with Gasteiger partial charge in [-0.3, -0.25) is 9.78 Å². The summed E-state index contributed by atoms with van der Waals surface area (Å²) < 4.78 is 12.9.